The van der Waals surface area contributed by atoms with Gasteiger partial charge in [-0.2, -0.15) is 0 Å². The molecule has 0 saturated heterocycles. The summed E-state index contributed by atoms with van der Waals surface area (Å²) in [6.07, 6.45) is 3.82. The van der Waals surface area contributed by atoms with Crippen LogP contribution in [0.15, 0.2) is 78.9 Å². The predicted octanol–water partition coefficient (Wildman–Crippen LogP) is 9.40. The molecule has 0 N–H and O–H groups in total. The molecular formula is C31H32. The molecule has 5 aromatic rings. The van der Waals surface area contributed by atoms with Gasteiger partial charge in [-0.1, -0.05) is 89.1 Å². The van der Waals surface area contributed by atoms with Crippen molar-refractivity contribution in [1.82, 2.24) is 0 Å². The zero-order chi connectivity index (χ0) is 21.6. The fraction of sp³-hybridized carbons (Fsp3) is 0.290. The summed E-state index contributed by atoms with van der Waals surface area (Å²) in [4.78, 5) is 0. The maximum absolute atomic E-state index is 2.46. The van der Waals surface area contributed by atoms with Gasteiger partial charge in [0.2, 0.25) is 0 Å². The van der Waals surface area contributed by atoms with Crippen LogP contribution in [-0.2, 0) is 5.41 Å². The Morgan fingerprint density at radius 2 is 1.19 bits per heavy atom. The molecule has 0 spiro atoms. The van der Waals surface area contributed by atoms with Gasteiger partial charge in [0.05, 0.1) is 0 Å². The molecule has 0 aliphatic rings. The number of rotatable bonds is 5. The van der Waals surface area contributed by atoms with Crippen LogP contribution in [0.4, 0.5) is 0 Å². The summed E-state index contributed by atoms with van der Waals surface area (Å²) < 4.78 is 0. The van der Waals surface area contributed by atoms with Crippen molar-refractivity contribution in [3.63, 3.8) is 0 Å². The third-order valence-corrected chi connectivity index (χ3v) is 7.55. The van der Waals surface area contributed by atoms with E-state index in [-0.39, 0.29) is 5.41 Å². The number of fused-ring (bicyclic) bond motifs is 4. The second kappa shape index (κ2) is 7.68. The second-order valence-corrected chi connectivity index (χ2v) is 9.86. The topological polar surface area (TPSA) is 0 Å². The van der Waals surface area contributed by atoms with Gasteiger partial charge in [-0.05, 0) is 96.7 Å². The smallest absolute Gasteiger partial charge is 0.00656 e. The Morgan fingerprint density at radius 1 is 0.645 bits per heavy atom. The van der Waals surface area contributed by atoms with Gasteiger partial charge in [0.15, 0.2) is 0 Å². The summed E-state index contributed by atoms with van der Waals surface area (Å²) in [7, 11) is 0. The minimum Gasteiger partial charge on any atom is -0.0654 e. The van der Waals surface area contributed by atoms with E-state index < -0.39 is 0 Å². The van der Waals surface area contributed by atoms with Gasteiger partial charge in [0.1, 0.15) is 0 Å². The Kier molecular flexibility index (Phi) is 4.97. The summed E-state index contributed by atoms with van der Waals surface area (Å²) >= 11 is 0. The lowest BCUT2D eigenvalue weighted by atomic mass is 9.69. The van der Waals surface area contributed by atoms with E-state index in [9.17, 15) is 0 Å². The largest absolute Gasteiger partial charge is 0.0654 e. The summed E-state index contributed by atoms with van der Waals surface area (Å²) in [5, 5.41) is 10.8. The molecule has 0 bridgehead atoms. The van der Waals surface area contributed by atoms with E-state index in [1.807, 2.05) is 0 Å². The molecule has 31 heavy (non-hydrogen) atoms. The molecule has 0 amide bonds. The van der Waals surface area contributed by atoms with Crippen molar-refractivity contribution in [3.05, 3.63) is 84.4 Å². The van der Waals surface area contributed by atoms with E-state index in [0.717, 1.165) is 0 Å². The highest BCUT2D eigenvalue weighted by atomic mass is 14.3. The van der Waals surface area contributed by atoms with E-state index in [1.165, 1.54) is 67.9 Å². The van der Waals surface area contributed by atoms with Crippen molar-refractivity contribution in [3.8, 4) is 0 Å². The van der Waals surface area contributed by atoms with Gasteiger partial charge in [-0.3, -0.25) is 0 Å². The van der Waals surface area contributed by atoms with Crippen LogP contribution in [0.2, 0.25) is 0 Å². The minimum absolute atomic E-state index is 0.0960. The number of benzene rings is 5. The first kappa shape index (κ1) is 20.1. The summed E-state index contributed by atoms with van der Waals surface area (Å²) in [5.74, 6) is 0.619. The highest BCUT2D eigenvalue weighted by molar-refractivity contribution is 6.10. The van der Waals surface area contributed by atoms with Crippen molar-refractivity contribution in [2.45, 2.75) is 52.4 Å². The van der Waals surface area contributed by atoms with Crippen molar-refractivity contribution in [1.29, 1.82) is 0 Å². The molecule has 0 fully saturated rings. The maximum atomic E-state index is 2.46. The predicted molar refractivity (Wildman–Crippen MR) is 138 cm³/mol. The van der Waals surface area contributed by atoms with Crippen LogP contribution < -0.4 is 0 Å². The quantitative estimate of drug-likeness (QED) is 0.256. The molecule has 1 atom stereocenters. The normalized spacial score (nSPS) is 13.4. The van der Waals surface area contributed by atoms with Crippen LogP contribution >= 0.6 is 0 Å². The first-order valence-corrected chi connectivity index (χ1v) is 11.8. The molecule has 0 aromatic heterocycles. The monoisotopic (exact) mass is 404 g/mol. The summed E-state index contributed by atoms with van der Waals surface area (Å²) in [6, 6.07) is 29.6. The highest BCUT2D eigenvalue weighted by Gasteiger charge is 2.31. The fourth-order valence-corrected chi connectivity index (χ4v) is 5.32. The zero-order valence-electron chi connectivity index (χ0n) is 19.2. The fourth-order valence-electron chi connectivity index (χ4n) is 5.32. The number of unbranched alkanes of at least 4 members (excludes halogenated alkanes) is 1. The van der Waals surface area contributed by atoms with Gasteiger partial charge in [0.25, 0.3) is 0 Å². The van der Waals surface area contributed by atoms with E-state index in [1.54, 1.807) is 0 Å². The lowest BCUT2D eigenvalue weighted by Crippen LogP contribution is -2.27. The third-order valence-electron chi connectivity index (χ3n) is 7.55. The van der Waals surface area contributed by atoms with E-state index >= 15 is 0 Å². The molecule has 0 heteroatoms. The highest BCUT2D eigenvalue weighted by Crippen LogP contribution is 2.43. The molecule has 0 radical (unpaired) electrons. The van der Waals surface area contributed by atoms with Crippen molar-refractivity contribution >= 4 is 43.1 Å². The van der Waals surface area contributed by atoms with Crippen molar-refractivity contribution in [2.24, 2.45) is 5.92 Å². The Morgan fingerprint density at radius 3 is 1.87 bits per heavy atom. The maximum Gasteiger partial charge on any atom is -0.00656 e. The van der Waals surface area contributed by atoms with Gasteiger partial charge >= 0.3 is 0 Å². The molecule has 0 nitrogen and oxygen atoms in total. The van der Waals surface area contributed by atoms with Crippen LogP contribution in [0, 0.1) is 5.92 Å². The second-order valence-electron chi connectivity index (χ2n) is 9.86. The van der Waals surface area contributed by atoms with Gasteiger partial charge in [-0.15, -0.1) is 0 Å². The van der Waals surface area contributed by atoms with Crippen LogP contribution in [-0.4, -0.2) is 0 Å². The Bertz CT molecular complexity index is 1400. The van der Waals surface area contributed by atoms with Crippen molar-refractivity contribution < 1.29 is 0 Å². The molecule has 0 aliphatic heterocycles. The lowest BCUT2D eigenvalue weighted by Gasteiger charge is -2.35. The summed E-state index contributed by atoms with van der Waals surface area (Å²) in [6.45, 7) is 9.65. The van der Waals surface area contributed by atoms with Crippen LogP contribution in [0.5, 0.6) is 0 Å². The average Bonchev–Trinajstić information content (AvgIpc) is 2.78. The third kappa shape index (κ3) is 3.39. The van der Waals surface area contributed by atoms with Crippen LogP contribution in [0.3, 0.4) is 0 Å². The van der Waals surface area contributed by atoms with E-state index in [2.05, 4.69) is 107 Å². The standard InChI is InChI=1S/C31H32/c1-5-6-11-21(2)31(3,4)30-28-15-10-9-14-24(28)18-27-19-25-16-22-12-7-8-13-23(22)17-26(25)20-29(27)30/h7-10,12-21H,5-6,11H2,1-4H3. The zero-order valence-corrected chi connectivity index (χ0v) is 19.2. The molecule has 1 unspecified atom stereocenters. The van der Waals surface area contributed by atoms with Gasteiger partial charge in [0, 0.05) is 0 Å². The molecular weight excluding hydrogens is 372 g/mol. The Balaban J connectivity index is 1.85. The number of hydrogen-bond acceptors (Lipinski definition) is 0. The minimum atomic E-state index is 0.0960. The lowest BCUT2D eigenvalue weighted by molar-refractivity contribution is 0.321. The Labute approximate surface area is 185 Å². The average molecular weight is 405 g/mol. The van der Waals surface area contributed by atoms with Gasteiger partial charge < -0.3 is 0 Å². The molecule has 5 rings (SSSR count). The SMILES string of the molecule is CCCCC(C)C(C)(C)c1c2ccccc2cc2cc3cc4ccccc4cc3cc12. The van der Waals surface area contributed by atoms with E-state index in [0.29, 0.717) is 5.92 Å². The molecule has 156 valence electrons. The molecule has 0 saturated carbocycles. The molecule has 5 aromatic carbocycles. The number of hydrogen-bond donors (Lipinski definition) is 0. The van der Waals surface area contributed by atoms with Gasteiger partial charge in [-0.25, -0.2) is 0 Å². The van der Waals surface area contributed by atoms with Crippen LogP contribution in [0.1, 0.15) is 52.5 Å². The van der Waals surface area contributed by atoms with Crippen LogP contribution in [0.25, 0.3) is 43.1 Å². The Hall–Kier alpha value is -2.86. The van der Waals surface area contributed by atoms with Crippen molar-refractivity contribution in [2.75, 3.05) is 0 Å². The first-order chi connectivity index (χ1) is 15.0. The first-order valence-electron chi connectivity index (χ1n) is 11.8. The molecule has 0 aliphatic carbocycles. The summed E-state index contributed by atoms with van der Waals surface area (Å²) in [5.41, 5.74) is 1.61. The van der Waals surface area contributed by atoms with E-state index in [4.69, 9.17) is 0 Å². The molecule has 0 heterocycles.